The van der Waals surface area contributed by atoms with Crippen molar-refractivity contribution < 1.29 is 15.0 Å². The average molecular weight is 329 g/mol. The highest BCUT2D eigenvalue weighted by atomic mass is 79.9. The van der Waals surface area contributed by atoms with E-state index >= 15 is 0 Å². The standard InChI is InChI=1S/C15H21BrO3/c1-3-5-9-13(14(17)18)15(19,4-2)11-7-6-8-12(16)10-11/h6-8,10,13,19H,3-5,9H2,1-2H3,(H,17,18). The Balaban J connectivity index is 3.15. The van der Waals surface area contributed by atoms with E-state index in [0.29, 0.717) is 18.4 Å². The smallest absolute Gasteiger partial charge is 0.309 e. The van der Waals surface area contributed by atoms with Crippen LogP contribution < -0.4 is 0 Å². The first kappa shape index (κ1) is 16.2. The van der Waals surface area contributed by atoms with Crippen LogP contribution in [0.25, 0.3) is 0 Å². The van der Waals surface area contributed by atoms with Crippen molar-refractivity contribution in [2.75, 3.05) is 0 Å². The summed E-state index contributed by atoms with van der Waals surface area (Å²) in [4.78, 5) is 11.5. The fourth-order valence-electron chi connectivity index (χ4n) is 2.38. The van der Waals surface area contributed by atoms with E-state index < -0.39 is 17.5 Å². The molecule has 0 aliphatic heterocycles. The first-order valence-corrected chi connectivity index (χ1v) is 7.46. The molecule has 0 spiro atoms. The number of hydrogen-bond donors (Lipinski definition) is 2. The van der Waals surface area contributed by atoms with E-state index in [0.717, 1.165) is 17.3 Å². The van der Waals surface area contributed by atoms with Crippen molar-refractivity contribution in [1.29, 1.82) is 0 Å². The van der Waals surface area contributed by atoms with Crippen LogP contribution in [0.2, 0.25) is 0 Å². The van der Waals surface area contributed by atoms with Gasteiger partial charge in [0.2, 0.25) is 0 Å². The first-order valence-electron chi connectivity index (χ1n) is 6.67. The highest BCUT2D eigenvalue weighted by molar-refractivity contribution is 9.10. The molecule has 1 aromatic rings. The number of carbonyl (C=O) groups is 1. The largest absolute Gasteiger partial charge is 0.481 e. The summed E-state index contributed by atoms with van der Waals surface area (Å²) in [7, 11) is 0. The predicted molar refractivity (Wildman–Crippen MR) is 79.0 cm³/mol. The van der Waals surface area contributed by atoms with E-state index in [1.54, 1.807) is 12.1 Å². The molecule has 106 valence electrons. The number of carboxylic acids is 1. The Morgan fingerprint density at radius 1 is 1.42 bits per heavy atom. The maximum Gasteiger partial charge on any atom is 0.309 e. The third-order valence-electron chi connectivity index (χ3n) is 3.58. The van der Waals surface area contributed by atoms with Crippen LogP contribution in [-0.2, 0) is 10.4 Å². The van der Waals surface area contributed by atoms with Crippen LogP contribution >= 0.6 is 15.9 Å². The van der Waals surface area contributed by atoms with Gasteiger partial charge < -0.3 is 10.2 Å². The summed E-state index contributed by atoms with van der Waals surface area (Å²) in [6.45, 7) is 3.84. The minimum Gasteiger partial charge on any atom is -0.481 e. The summed E-state index contributed by atoms with van der Waals surface area (Å²) in [5.74, 6) is -1.70. The van der Waals surface area contributed by atoms with E-state index in [1.165, 1.54) is 0 Å². The lowest BCUT2D eigenvalue weighted by atomic mass is 9.77. The molecule has 1 aromatic carbocycles. The molecule has 0 aliphatic rings. The molecule has 4 heteroatoms. The molecule has 0 saturated heterocycles. The minimum atomic E-state index is -1.31. The monoisotopic (exact) mass is 328 g/mol. The third-order valence-corrected chi connectivity index (χ3v) is 4.08. The van der Waals surface area contributed by atoms with Gasteiger partial charge >= 0.3 is 5.97 Å². The van der Waals surface area contributed by atoms with Gasteiger partial charge in [-0.3, -0.25) is 4.79 Å². The SMILES string of the molecule is CCCCC(C(=O)O)C(O)(CC)c1cccc(Br)c1. The van der Waals surface area contributed by atoms with E-state index in [4.69, 9.17) is 0 Å². The van der Waals surface area contributed by atoms with E-state index in [-0.39, 0.29) is 0 Å². The summed E-state index contributed by atoms with van der Waals surface area (Å²) < 4.78 is 0.844. The fraction of sp³-hybridized carbons (Fsp3) is 0.533. The molecule has 2 N–H and O–H groups in total. The maximum absolute atomic E-state index is 11.5. The lowest BCUT2D eigenvalue weighted by Gasteiger charge is -2.33. The van der Waals surface area contributed by atoms with Crippen LogP contribution in [0, 0.1) is 5.92 Å². The Morgan fingerprint density at radius 2 is 2.11 bits per heavy atom. The van der Waals surface area contributed by atoms with Gasteiger partial charge in [0.15, 0.2) is 0 Å². The third kappa shape index (κ3) is 3.80. The van der Waals surface area contributed by atoms with Crippen molar-refractivity contribution in [2.24, 2.45) is 5.92 Å². The van der Waals surface area contributed by atoms with Crippen LogP contribution in [0.5, 0.6) is 0 Å². The predicted octanol–water partition coefficient (Wildman–Crippen LogP) is 3.94. The lowest BCUT2D eigenvalue weighted by Crippen LogP contribution is -2.39. The maximum atomic E-state index is 11.5. The zero-order chi connectivity index (χ0) is 14.5. The second-order valence-corrected chi connectivity index (χ2v) is 5.74. The molecule has 1 rings (SSSR count). The van der Waals surface area contributed by atoms with E-state index in [9.17, 15) is 15.0 Å². The highest BCUT2D eigenvalue weighted by Gasteiger charge is 2.41. The number of hydrogen-bond acceptors (Lipinski definition) is 2. The van der Waals surface area contributed by atoms with Gasteiger partial charge in [0.1, 0.15) is 5.60 Å². The molecule has 2 unspecified atom stereocenters. The summed E-state index contributed by atoms with van der Waals surface area (Å²) in [6, 6.07) is 7.27. The van der Waals surface area contributed by atoms with E-state index in [2.05, 4.69) is 15.9 Å². The summed E-state index contributed by atoms with van der Waals surface area (Å²) in [6.07, 6.45) is 2.59. The van der Waals surface area contributed by atoms with Gasteiger partial charge in [0.05, 0.1) is 5.92 Å². The Labute approximate surface area is 122 Å². The van der Waals surface area contributed by atoms with Crippen molar-refractivity contribution in [2.45, 2.75) is 45.1 Å². The number of aliphatic carboxylic acids is 1. The molecular weight excluding hydrogens is 308 g/mol. The Morgan fingerprint density at radius 3 is 2.58 bits per heavy atom. The fourth-order valence-corrected chi connectivity index (χ4v) is 2.78. The van der Waals surface area contributed by atoms with Gasteiger partial charge in [0.25, 0.3) is 0 Å². The molecule has 0 aromatic heterocycles. The Hall–Kier alpha value is -0.870. The van der Waals surface area contributed by atoms with Crippen LogP contribution in [0.4, 0.5) is 0 Å². The molecule has 2 atom stereocenters. The van der Waals surface area contributed by atoms with Crippen molar-refractivity contribution in [3.8, 4) is 0 Å². The molecule has 0 amide bonds. The van der Waals surface area contributed by atoms with Gasteiger partial charge in [-0.2, -0.15) is 0 Å². The van der Waals surface area contributed by atoms with E-state index in [1.807, 2.05) is 26.0 Å². The number of halogens is 1. The van der Waals surface area contributed by atoms with Crippen molar-refractivity contribution in [3.63, 3.8) is 0 Å². The zero-order valence-corrected chi connectivity index (χ0v) is 13.0. The number of rotatable bonds is 7. The molecule has 3 nitrogen and oxygen atoms in total. The molecule has 0 radical (unpaired) electrons. The lowest BCUT2D eigenvalue weighted by molar-refractivity contribution is -0.154. The number of aliphatic hydroxyl groups is 1. The van der Waals surface area contributed by atoms with Gasteiger partial charge in [0, 0.05) is 4.47 Å². The number of unbranched alkanes of at least 4 members (excludes halogenated alkanes) is 1. The van der Waals surface area contributed by atoms with Crippen molar-refractivity contribution in [3.05, 3.63) is 34.3 Å². The molecule has 19 heavy (non-hydrogen) atoms. The Bertz CT molecular complexity index is 433. The van der Waals surface area contributed by atoms with Crippen LogP contribution in [-0.4, -0.2) is 16.2 Å². The average Bonchev–Trinajstić information content (AvgIpc) is 2.38. The Kier molecular flexibility index (Phi) is 6.01. The molecule has 0 saturated carbocycles. The normalized spacial score (nSPS) is 15.8. The van der Waals surface area contributed by atoms with Gasteiger partial charge in [-0.1, -0.05) is 54.8 Å². The van der Waals surface area contributed by atoms with Gasteiger partial charge in [-0.05, 0) is 30.5 Å². The second-order valence-electron chi connectivity index (χ2n) is 4.82. The first-order chi connectivity index (χ1) is 8.95. The quantitative estimate of drug-likeness (QED) is 0.797. The zero-order valence-electron chi connectivity index (χ0n) is 11.4. The second kappa shape index (κ2) is 7.06. The van der Waals surface area contributed by atoms with Crippen LogP contribution in [0.3, 0.4) is 0 Å². The summed E-state index contributed by atoms with van der Waals surface area (Å²) in [5.41, 5.74) is -0.655. The molecule has 0 fully saturated rings. The summed E-state index contributed by atoms with van der Waals surface area (Å²) >= 11 is 3.36. The van der Waals surface area contributed by atoms with Crippen LogP contribution in [0.15, 0.2) is 28.7 Å². The molecule has 0 aliphatic carbocycles. The highest BCUT2D eigenvalue weighted by Crippen LogP contribution is 2.37. The topological polar surface area (TPSA) is 57.5 Å². The molecule has 0 bridgehead atoms. The van der Waals surface area contributed by atoms with Gasteiger partial charge in [-0.25, -0.2) is 0 Å². The van der Waals surface area contributed by atoms with Gasteiger partial charge in [-0.15, -0.1) is 0 Å². The molecular formula is C15H21BrO3. The minimum absolute atomic E-state index is 0.379. The number of carboxylic acid groups (broad SMARTS) is 1. The van der Waals surface area contributed by atoms with Crippen molar-refractivity contribution in [1.82, 2.24) is 0 Å². The molecule has 0 heterocycles. The summed E-state index contributed by atoms with van der Waals surface area (Å²) in [5, 5.41) is 20.3. The van der Waals surface area contributed by atoms with Crippen LogP contribution in [0.1, 0.15) is 45.1 Å². The number of benzene rings is 1. The van der Waals surface area contributed by atoms with Crippen molar-refractivity contribution >= 4 is 21.9 Å².